The highest BCUT2D eigenvalue weighted by Gasteiger charge is 2.25. The third kappa shape index (κ3) is 2.92. The average Bonchev–Trinajstić information content (AvgIpc) is 2.98. The first-order valence-corrected chi connectivity index (χ1v) is 9.53. The van der Waals surface area contributed by atoms with Crippen molar-refractivity contribution in [3.05, 3.63) is 62.0 Å². The summed E-state index contributed by atoms with van der Waals surface area (Å²) in [5, 5.41) is 1.29. The summed E-state index contributed by atoms with van der Waals surface area (Å²) < 4.78 is 1.42. The molecular weight excluding hydrogens is 356 g/mol. The Bertz CT molecular complexity index is 1020. The molecule has 0 aliphatic heterocycles. The molecule has 25 heavy (non-hydrogen) atoms. The SMILES string of the molecule is CC1CCCc2sc3ncn(CC(=O)c4ccc(Cl)cc4)c(=O)c3c21. The van der Waals surface area contributed by atoms with Gasteiger partial charge in [0.2, 0.25) is 0 Å². The number of hydrogen-bond acceptors (Lipinski definition) is 4. The fourth-order valence-electron chi connectivity index (χ4n) is 3.51. The Balaban J connectivity index is 1.74. The van der Waals surface area contributed by atoms with Crippen LogP contribution in [0.15, 0.2) is 35.4 Å². The minimum Gasteiger partial charge on any atom is -0.292 e. The van der Waals surface area contributed by atoms with Gasteiger partial charge >= 0.3 is 0 Å². The van der Waals surface area contributed by atoms with Gasteiger partial charge in [-0.25, -0.2) is 4.98 Å². The lowest BCUT2D eigenvalue weighted by Gasteiger charge is -2.18. The van der Waals surface area contributed by atoms with E-state index in [2.05, 4.69) is 11.9 Å². The molecule has 0 saturated heterocycles. The van der Waals surface area contributed by atoms with Crippen LogP contribution >= 0.6 is 22.9 Å². The number of aromatic nitrogens is 2. The van der Waals surface area contributed by atoms with Crippen LogP contribution in [0.25, 0.3) is 10.2 Å². The Hall–Kier alpha value is -1.98. The number of fused-ring (bicyclic) bond motifs is 3. The van der Waals surface area contributed by atoms with E-state index in [4.69, 9.17) is 11.6 Å². The highest BCUT2D eigenvalue weighted by molar-refractivity contribution is 7.18. The third-order valence-electron chi connectivity index (χ3n) is 4.81. The smallest absolute Gasteiger partial charge is 0.262 e. The Labute approximate surface area is 154 Å². The third-order valence-corrected chi connectivity index (χ3v) is 6.23. The summed E-state index contributed by atoms with van der Waals surface area (Å²) in [6, 6.07) is 6.71. The predicted molar refractivity (Wildman–Crippen MR) is 101 cm³/mol. The van der Waals surface area contributed by atoms with Crippen molar-refractivity contribution in [2.45, 2.75) is 38.6 Å². The molecule has 2 aromatic heterocycles. The average molecular weight is 373 g/mol. The van der Waals surface area contributed by atoms with Crippen molar-refractivity contribution in [1.29, 1.82) is 0 Å². The lowest BCUT2D eigenvalue weighted by Crippen LogP contribution is -2.25. The van der Waals surface area contributed by atoms with Crippen LogP contribution in [0, 0.1) is 0 Å². The number of halogens is 1. The van der Waals surface area contributed by atoms with Crippen molar-refractivity contribution in [1.82, 2.24) is 9.55 Å². The summed E-state index contributed by atoms with van der Waals surface area (Å²) in [5.41, 5.74) is 1.58. The Morgan fingerprint density at radius 3 is 2.88 bits per heavy atom. The Morgan fingerprint density at radius 2 is 2.12 bits per heavy atom. The Morgan fingerprint density at radius 1 is 1.36 bits per heavy atom. The molecule has 4 nitrogen and oxygen atoms in total. The van der Waals surface area contributed by atoms with Crippen molar-refractivity contribution in [2.24, 2.45) is 0 Å². The first-order valence-electron chi connectivity index (χ1n) is 8.34. The van der Waals surface area contributed by atoms with Crippen molar-refractivity contribution in [3.8, 4) is 0 Å². The van der Waals surface area contributed by atoms with Crippen LogP contribution in [0.1, 0.15) is 46.5 Å². The fraction of sp³-hybridized carbons (Fsp3) is 0.316. The molecule has 0 N–H and O–H groups in total. The molecule has 1 atom stereocenters. The monoisotopic (exact) mass is 372 g/mol. The fourth-order valence-corrected chi connectivity index (χ4v) is 4.93. The quantitative estimate of drug-likeness (QED) is 0.639. The number of carbonyl (C=O) groups excluding carboxylic acids is 1. The lowest BCUT2D eigenvalue weighted by atomic mass is 9.88. The van der Waals surface area contributed by atoms with Crippen LogP contribution in [-0.4, -0.2) is 15.3 Å². The highest BCUT2D eigenvalue weighted by atomic mass is 35.5. The van der Waals surface area contributed by atoms with Gasteiger partial charge in [-0.3, -0.25) is 14.2 Å². The van der Waals surface area contributed by atoms with Crippen LogP contribution in [0.2, 0.25) is 5.02 Å². The van der Waals surface area contributed by atoms with Gasteiger partial charge in [-0.15, -0.1) is 11.3 Å². The van der Waals surface area contributed by atoms with E-state index in [0.717, 1.165) is 29.7 Å². The molecule has 1 aliphatic carbocycles. The van der Waals surface area contributed by atoms with Crippen molar-refractivity contribution in [3.63, 3.8) is 0 Å². The zero-order valence-electron chi connectivity index (χ0n) is 13.8. The molecular formula is C19H17ClN2O2S. The first kappa shape index (κ1) is 16.5. The number of ketones is 1. The van der Waals surface area contributed by atoms with E-state index in [0.29, 0.717) is 21.9 Å². The summed E-state index contributed by atoms with van der Waals surface area (Å²) in [6.45, 7) is 2.15. The summed E-state index contributed by atoms with van der Waals surface area (Å²) in [7, 11) is 0. The maximum absolute atomic E-state index is 13.0. The molecule has 0 radical (unpaired) electrons. The number of rotatable bonds is 3. The largest absolute Gasteiger partial charge is 0.292 e. The molecule has 0 saturated carbocycles. The van der Waals surface area contributed by atoms with E-state index >= 15 is 0 Å². The van der Waals surface area contributed by atoms with Crippen LogP contribution in [0.4, 0.5) is 0 Å². The molecule has 4 rings (SSSR count). The minimum atomic E-state index is -0.128. The van der Waals surface area contributed by atoms with Gasteiger partial charge in [-0.05, 0) is 55.0 Å². The van der Waals surface area contributed by atoms with Gasteiger partial charge in [-0.2, -0.15) is 0 Å². The zero-order valence-corrected chi connectivity index (χ0v) is 15.4. The molecule has 3 aromatic rings. The van der Waals surface area contributed by atoms with E-state index in [-0.39, 0.29) is 17.9 Å². The highest BCUT2D eigenvalue weighted by Crippen LogP contribution is 2.39. The molecule has 0 bridgehead atoms. The number of nitrogens with zero attached hydrogens (tertiary/aromatic N) is 2. The van der Waals surface area contributed by atoms with Gasteiger partial charge in [0.1, 0.15) is 4.83 Å². The van der Waals surface area contributed by atoms with Gasteiger partial charge in [0.05, 0.1) is 18.3 Å². The topological polar surface area (TPSA) is 52.0 Å². The van der Waals surface area contributed by atoms with Gasteiger partial charge in [0.15, 0.2) is 5.78 Å². The number of aryl methyl sites for hydroxylation is 1. The number of carbonyl (C=O) groups is 1. The molecule has 0 fully saturated rings. The van der Waals surface area contributed by atoms with Crippen molar-refractivity contribution >= 4 is 38.9 Å². The van der Waals surface area contributed by atoms with E-state index in [9.17, 15) is 9.59 Å². The van der Waals surface area contributed by atoms with E-state index in [1.54, 1.807) is 35.6 Å². The van der Waals surface area contributed by atoms with Gasteiger partial charge in [0, 0.05) is 15.5 Å². The summed E-state index contributed by atoms with van der Waals surface area (Å²) in [6.07, 6.45) is 4.76. The maximum atomic E-state index is 13.0. The molecule has 0 spiro atoms. The first-order chi connectivity index (χ1) is 12.0. The molecule has 0 amide bonds. The second kappa shape index (κ2) is 6.39. The van der Waals surface area contributed by atoms with Crippen molar-refractivity contribution in [2.75, 3.05) is 0 Å². The minimum absolute atomic E-state index is 0.0115. The zero-order chi connectivity index (χ0) is 17.6. The molecule has 1 aliphatic rings. The molecule has 128 valence electrons. The maximum Gasteiger partial charge on any atom is 0.262 e. The number of benzene rings is 1. The summed E-state index contributed by atoms with van der Waals surface area (Å²) in [4.78, 5) is 32.0. The predicted octanol–water partition coefficient (Wildman–Crippen LogP) is 4.43. The number of Topliss-reactive ketones (excluding diaryl/α,β-unsaturated/α-hetero) is 1. The molecule has 1 unspecified atom stereocenters. The second-order valence-corrected chi connectivity index (χ2v) is 8.04. The van der Waals surface area contributed by atoms with Crippen LogP contribution in [-0.2, 0) is 13.0 Å². The van der Waals surface area contributed by atoms with Crippen LogP contribution in [0.5, 0.6) is 0 Å². The van der Waals surface area contributed by atoms with E-state index in [1.165, 1.54) is 15.8 Å². The summed E-state index contributed by atoms with van der Waals surface area (Å²) >= 11 is 7.48. The van der Waals surface area contributed by atoms with Gasteiger partial charge < -0.3 is 0 Å². The van der Waals surface area contributed by atoms with Crippen LogP contribution in [0.3, 0.4) is 0 Å². The molecule has 2 heterocycles. The second-order valence-electron chi connectivity index (χ2n) is 6.52. The van der Waals surface area contributed by atoms with Crippen molar-refractivity contribution < 1.29 is 4.79 Å². The standard InChI is InChI=1S/C19H17ClN2O2S/c1-11-3-2-4-15-16(11)17-18(25-15)21-10-22(19(17)24)9-14(23)12-5-7-13(20)8-6-12/h5-8,10-11H,2-4,9H2,1H3. The number of hydrogen-bond donors (Lipinski definition) is 0. The Kier molecular flexibility index (Phi) is 4.21. The van der Waals surface area contributed by atoms with Gasteiger partial charge in [-0.1, -0.05) is 18.5 Å². The van der Waals surface area contributed by atoms with Crippen LogP contribution < -0.4 is 5.56 Å². The number of thiophene rings is 1. The van der Waals surface area contributed by atoms with E-state index in [1.807, 2.05) is 0 Å². The molecule has 1 aromatic carbocycles. The molecule has 6 heteroatoms. The lowest BCUT2D eigenvalue weighted by molar-refractivity contribution is 0.0970. The van der Waals surface area contributed by atoms with E-state index < -0.39 is 0 Å². The normalized spacial score (nSPS) is 16.8. The van der Waals surface area contributed by atoms with Gasteiger partial charge in [0.25, 0.3) is 5.56 Å². The summed E-state index contributed by atoms with van der Waals surface area (Å²) in [5.74, 6) is 0.242.